The van der Waals surface area contributed by atoms with Crippen molar-refractivity contribution in [1.29, 1.82) is 10.5 Å². The number of aromatic nitrogens is 1. The lowest BCUT2D eigenvalue weighted by Gasteiger charge is -2.09. The molecule has 0 fully saturated rings. The van der Waals surface area contributed by atoms with Crippen LogP contribution in [-0.4, -0.2) is 17.1 Å². The molecule has 0 spiro atoms. The zero-order valence-electron chi connectivity index (χ0n) is 16.0. The van der Waals surface area contributed by atoms with Gasteiger partial charge in [0, 0.05) is 18.3 Å². The van der Waals surface area contributed by atoms with Gasteiger partial charge in [0.25, 0.3) is 0 Å². The summed E-state index contributed by atoms with van der Waals surface area (Å²) in [5.41, 5.74) is 5.17. The predicted octanol–water partition coefficient (Wildman–Crippen LogP) is 4.59. The highest BCUT2D eigenvalue weighted by Gasteiger charge is 2.25. The number of carbonyl (C=O) groups excluding carboxylic acids is 1. The Morgan fingerprint density at radius 3 is 2.29 bits per heavy atom. The zero-order valence-corrected chi connectivity index (χ0v) is 16.0. The molecule has 138 valence electrons. The van der Waals surface area contributed by atoms with Crippen LogP contribution in [-0.2, 0) is 11.8 Å². The molecular weight excluding hydrogens is 350 g/mol. The average molecular weight is 369 g/mol. The van der Waals surface area contributed by atoms with Crippen LogP contribution in [0.1, 0.15) is 34.2 Å². The van der Waals surface area contributed by atoms with Crippen molar-refractivity contribution in [2.45, 2.75) is 13.8 Å². The van der Waals surface area contributed by atoms with E-state index in [1.165, 1.54) is 0 Å². The molecule has 0 amide bonds. The number of rotatable bonds is 4. The Morgan fingerprint density at radius 1 is 1.04 bits per heavy atom. The van der Waals surface area contributed by atoms with Gasteiger partial charge in [-0.15, -0.1) is 0 Å². The van der Waals surface area contributed by atoms with Gasteiger partial charge in [0.15, 0.2) is 0 Å². The minimum Gasteiger partial charge on any atom is -0.461 e. The van der Waals surface area contributed by atoms with Crippen molar-refractivity contribution in [2.24, 2.45) is 7.05 Å². The molecule has 5 heteroatoms. The van der Waals surface area contributed by atoms with E-state index < -0.39 is 5.97 Å². The van der Waals surface area contributed by atoms with Crippen LogP contribution in [0.15, 0.2) is 48.5 Å². The molecule has 3 aromatic rings. The van der Waals surface area contributed by atoms with E-state index >= 15 is 0 Å². The monoisotopic (exact) mass is 369 g/mol. The topological polar surface area (TPSA) is 78.8 Å². The standard InChI is InChI=1S/C23H19N3O2/c1-4-28-23(27)22-21(20(14-25)15(2)26(22)3)17-11-9-16(10-12-17)19-8-6-5-7-18(19)13-24/h5-12H,4H2,1-3H3. The van der Waals surface area contributed by atoms with Gasteiger partial charge in [-0.1, -0.05) is 42.5 Å². The number of nitrogens with zero attached hydrogens (tertiary/aromatic N) is 3. The fraction of sp³-hybridized carbons (Fsp3) is 0.174. The van der Waals surface area contributed by atoms with Gasteiger partial charge >= 0.3 is 5.97 Å². The van der Waals surface area contributed by atoms with Crippen LogP contribution in [0.5, 0.6) is 0 Å². The minimum absolute atomic E-state index is 0.258. The number of benzene rings is 2. The zero-order chi connectivity index (χ0) is 20.3. The second-order valence-corrected chi connectivity index (χ2v) is 6.31. The van der Waals surface area contributed by atoms with Crippen molar-refractivity contribution >= 4 is 5.97 Å². The third kappa shape index (κ3) is 3.15. The molecule has 0 aliphatic heterocycles. The quantitative estimate of drug-likeness (QED) is 0.630. The SMILES string of the molecule is CCOC(=O)c1c(-c2ccc(-c3ccccc3C#N)cc2)c(C#N)c(C)n1C. The summed E-state index contributed by atoms with van der Waals surface area (Å²) in [6.07, 6.45) is 0. The summed E-state index contributed by atoms with van der Waals surface area (Å²) in [6, 6.07) is 19.3. The number of hydrogen-bond acceptors (Lipinski definition) is 4. The molecule has 0 aliphatic carbocycles. The van der Waals surface area contributed by atoms with Crippen molar-refractivity contribution in [1.82, 2.24) is 4.57 Å². The first-order chi connectivity index (χ1) is 13.5. The molecule has 0 radical (unpaired) electrons. The Hall–Kier alpha value is -3.83. The maximum Gasteiger partial charge on any atom is 0.355 e. The first kappa shape index (κ1) is 18.9. The van der Waals surface area contributed by atoms with E-state index in [0.29, 0.717) is 28.1 Å². The third-order valence-corrected chi connectivity index (χ3v) is 4.80. The smallest absolute Gasteiger partial charge is 0.355 e. The van der Waals surface area contributed by atoms with E-state index in [4.69, 9.17) is 4.74 Å². The van der Waals surface area contributed by atoms with Crippen LogP contribution in [0.4, 0.5) is 0 Å². The highest BCUT2D eigenvalue weighted by Crippen LogP contribution is 2.34. The predicted molar refractivity (Wildman–Crippen MR) is 106 cm³/mol. The van der Waals surface area contributed by atoms with Crippen LogP contribution >= 0.6 is 0 Å². The van der Waals surface area contributed by atoms with Gasteiger partial charge in [-0.2, -0.15) is 10.5 Å². The number of nitriles is 2. The second-order valence-electron chi connectivity index (χ2n) is 6.31. The fourth-order valence-electron chi connectivity index (χ4n) is 3.31. The van der Waals surface area contributed by atoms with Crippen molar-refractivity contribution in [2.75, 3.05) is 6.61 Å². The summed E-state index contributed by atoms with van der Waals surface area (Å²) < 4.78 is 6.90. The molecular formula is C23H19N3O2. The minimum atomic E-state index is -0.455. The molecule has 0 bridgehead atoms. The summed E-state index contributed by atoms with van der Waals surface area (Å²) in [6.45, 7) is 3.82. The molecule has 2 aromatic carbocycles. The summed E-state index contributed by atoms with van der Waals surface area (Å²) in [4.78, 5) is 12.5. The van der Waals surface area contributed by atoms with Crippen LogP contribution in [0.3, 0.4) is 0 Å². The lowest BCUT2D eigenvalue weighted by Crippen LogP contribution is -2.11. The van der Waals surface area contributed by atoms with Crippen LogP contribution in [0.25, 0.3) is 22.3 Å². The maximum atomic E-state index is 12.5. The Bertz CT molecular complexity index is 1130. The molecule has 5 nitrogen and oxygen atoms in total. The lowest BCUT2D eigenvalue weighted by molar-refractivity contribution is 0.0516. The Labute approximate surface area is 164 Å². The number of hydrogen-bond donors (Lipinski definition) is 0. The van der Waals surface area contributed by atoms with Crippen molar-refractivity contribution in [3.63, 3.8) is 0 Å². The maximum absolute atomic E-state index is 12.5. The van der Waals surface area contributed by atoms with E-state index in [2.05, 4.69) is 12.1 Å². The summed E-state index contributed by atoms with van der Waals surface area (Å²) >= 11 is 0. The van der Waals surface area contributed by atoms with Crippen molar-refractivity contribution in [3.8, 4) is 34.4 Å². The largest absolute Gasteiger partial charge is 0.461 e. The van der Waals surface area contributed by atoms with Gasteiger partial charge in [0.05, 0.1) is 23.8 Å². The third-order valence-electron chi connectivity index (χ3n) is 4.80. The van der Waals surface area contributed by atoms with Gasteiger partial charge < -0.3 is 9.30 Å². The van der Waals surface area contributed by atoms with E-state index in [0.717, 1.165) is 16.7 Å². The normalized spacial score (nSPS) is 10.2. The first-order valence-electron chi connectivity index (χ1n) is 8.89. The fourth-order valence-corrected chi connectivity index (χ4v) is 3.31. The Morgan fingerprint density at radius 2 is 1.68 bits per heavy atom. The second kappa shape index (κ2) is 7.82. The van der Waals surface area contributed by atoms with E-state index in [1.807, 2.05) is 49.4 Å². The van der Waals surface area contributed by atoms with Crippen LogP contribution < -0.4 is 0 Å². The summed E-state index contributed by atoms with van der Waals surface area (Å²) in [7, 11) is 1.75. The molecule has 1 aromatic heterocycles. The van der Waals surface area contributed by atoms with Gasteiger partial charge in [-0.25, -0.2) is 4.79 Å². The van der Waals surface area contributed by atoms with Gasteiger partial charge in [0.2, 0.25) is 0 Å². The summed E-state index contributed by atoms with van der Waals surface area (Å²) in [5.74, 6) is -0.455. The van der Waals surface area contributed by atoms with Crippen LogP contribution in [0, 0.1) is 29.6 Å². The van der Waals surface area contributed by atoms with E-state index in [1.54, 1.807) is 24.6 Å². The highest BCUT2D eigenvalue weighted by molar-refractivity contribution is 5.98. The first-order valence-corrected chi connectivity index (χ1v) is 8.89. The number of esters is 1. The summed E-state index contributed by atoms with van der Waals surface area (Å²) in [5, 5.41) is 19.0. The van der Waals surface area contributed by atoms with E-state index in [-0.39, 0.29) is 6.61 Å². The van der Waals surface area contributed by atoms with E-state index in [9.17, 15) is 15.3 Å². The van der Waals surface area contributed by atoms with Crippen molar-refractivity contribution < 1.29 is 9.53 Å². The molecule has 0 atom stereocenters. The van der Waals surface area contributed by atoms with Crippen LogP contribution in [0.2, 0.25) is 0 Å². The Kier molecular flexibility index (Phi) is 5.29. The molecule has 0 N–H and O–H groups in total. The molecule has 0 aliphatic rings. The molecule has 1 heterocycles. The molecule has 0 saturated carbocycles. The molecule has 3 rings (SSSR count). The highest BCUT2D eigenvalue weighted by atomic mass is 16.5. The average Bonchev–Trinajstić information content (AvgIpc) is 2.98. The Balaban J connectivity index is 2.15. The molecule has 0 unspecified atom stereocenters. The van der Waals surface area contributed by atoms with Crippen molar-refractivity contribution in [3.05, 3.63) is 71.0 Å². The lowest BCUT2D eigenvalue weighted by atomic mass is 9.96. The van der Waals surface area contributed by atoms with Gasteiger partial charge in [-0.3, -0.25) is 0 Å². The molecule has 0 saturated heterocycles. The molecule has 28 heavy (non-hydrogen) atoms. The van der Waals surface area contributed by atoms with Gasteiger partial charge in [0.1, 0.15) is 11.8 Å². The number of ether oxygens (including phenoxy) is 1. The van der Waals surface area contributed by atoms with Gasteiger partial charge in [-0.05, 0) is 36.6 Å². The number of carbonyl (C=O) groups is 1.